The van der Waals surface area contributed by atoms with Crippen LogP contribution in [0, 0.1) is 0 Å². The number of benzene rings is 1. The van der Waals surface area contributed by atoms with Gasteiger partial charge in [-0.25, -0.2) is 8.42 Å². The molecule has 0 spiro atoms. The average molecular weight is 469 g/mol. The van der Waals surface area contributed by atoms with Crippen molar-refractivity contribution in [2.24, 2.45) is 0 Å². The minimum absolute atomic E-state index is 0.0796. The summed E-state index contributed by atoms with van der Waals surface area (Å²) in [5.41, 5.74) is 0.859. The van der Waals surface area contributed by atoms with Crippen LogP contribution in [0.25, 0.3) is 10.9 Å². The van der Waals surface area contributed by atoms with Gasteiger partial charge in [0.2, 0.25) is 10.0 Å². The highest BCUT2D eigenvalue weighted by atomic mass is 32.2. The smallest absolute Gasteiger partial charge is 0.276 e. The summed E-state index contributed by atoms with van der Waals surface area (Å²) in [7, 11) is -3.70. The molecule has 174 valence electrons. The third-order valence-electron chi connectivity index (χ3n) is 6.60. The van der Waals surface area contributed by atoms with Gasteiger partial charge in [0, 0.05) is 43.8 Å². The third-order valence-corrected chi connectivity index (χ3v) is 8.58. The van der Waals surface area contributed by atoms with E-state index in [0.29, 0.717) is 30.7 Å². The topological polar surface area (TPSA) is 101 Å². The second-order valence-corrected chi connectivity index (χ2v) is 10.6. The van der Waals surface area contributed by atoms with Crippen molar-refractivity contribution in [1.29, 1.82) is 0 Å². The first-order chi connectivity index (χ1) is 16.0. The van der Waals surface area contributed by atoms with Crippen LogP contribution in [0.4, 0.5) is 0 Å². The molecule has 2 fully saturated rings. The number of aromatic nitrogens is 4. The highest BCUT2D eigenvalue weighted by Gasteiger charge is 2.34. The van der Waals surface area contributed by atoms with E-state index in [-0.39, 0.29) is 16.8 Å². The summed E-state index contributed by atoms with van der Waals surface area (Å²) in [5.74, 6) is -0.0796. The van der Waals surface area contributed by atoms with Gasteiger partial charge in [-0.3, -0.25) is 14.5 Å². The van der Waals surface area contributed by atoms with Crippen LogP contribution in [-0.4, -0.2) is 69.2 Å². The van der Waals surface area contributed by atoms with Crippen LogP contribution in [-0.2, 0) is 16.6 Å². The van der Waals surface area contributed by atoms with Gasteiger partial charge < -0.3 is 4.90 Å². The molecule has 0 aliphatic carbocycles. The molecule has 2 aliphatic heterocycles. The van der Waals surface area contributed by atoms with E-state index < -0.39 is 10.0 Å². The zero-order valence-electron chi connectivity index (χ0n) is 18.5. The van der Waals surface area contributed by atoms with Crippen LogP contribution in [0.5, 0.6) is 0 Å². The Kier molecular flexibility index (Phi) is 6.11. The van der Waals surface area contributed by atoms with Crippen LogP contribution in [0.15, 0.2) is 47.6 Å². The molecule has 1 atom stereocenters. The van der Waals surface area contributed by atoms with Crippen molar-refractivity contribution in [2.75, 3.05) is 19.6 Å². The Morgan fingerprint density at radius 1 is 1.03 bits per heavy atom. The molecule has 3 aromatic rings. The predicted molar refractivity (Wildman–Crippen MR) is 123 cm³/mol. The molecule has 10 heteroatoms. The number of carbonyl (C=O) groups is 1. The van der Waals surface area contributed by atoms with Gasteiger partial charge in [0.25, 0.3) is 5.91 Å². The Hall–Kier alpha value is -2.85. The summed E-state index contributed by atoms with van der Waals surface area (Å²) in [6.07, 6.45) is 8.59. The Morgan fingerprint density at radius 2 is 1.82 bits per heavy atom. The number of hydrogen-bond acceptors (Lipinski definition) is 6. The molecule has 33 heavy (non-hydrogen) atoms. The van der Waals surface area contributed by atoms with Crippen LogP contribution >= 0.6 is 0 Å². The lowest BCUT2D eigenvalue weighted by molar-refractivity contribution is 0.0787. The molecule has 0 N–H and O–H groups in total. The van der Waals surface area contributed by atoms with Crippen molar-refractivity contribution in [3.8, 4) is 0 Å². The summed E-state index contributed by atoms with van der Waals surface area (Å²) < 4.78 is 30.6. The molecule has 0 bridgehead atoms. The SMILES string of the molecule is O=C(c1cn(CCC2CCCCN2S(=O)(=O)c2cccc3cccnc23)nn1)N1CCCC1. The van der Waals surface area contributed by atoms with Gasteiger partial charge in [0.15, 0.2) is 5.69 Å². The fraction of sp³-hybridized carbons (Fsp3) is 0.478. The Bertz CT molecular complexity index is 1250. The van der Waals surface area contributed by atoms with E-state index in [1.807, 2.05) is 23.1 Å². The maximum Gasteiger partial charge on any atom is 0.276 e. The number of nitrogens with zero attached hydrogens (tertiary/aromatic N) is 6. The van der Waals surface area contributed by atoms with Gasteiger partial charge in [-0.05, 0) is 44.2 Å². The number of aryl methyl sites for hydroxylation is 1. The van der Waals surface area contributed by atoms with Crippen molar-refractivity contribution >= 4 is 26.8 Å². The number of likely N-dealkylation sites (tertiary alicyclic amines) is 1. The van der Waals surface area contributed by atoms with E-state index in [9.17, 15) is 13.2 Å². The van der Waals surface area contributed by atoms with Crippen LogP contribution < -0.4 is 0 Å². The molecule has 1 unspecified atom stereocenters. The number of rotatable bonds is 6. The fourth-order valence-electron chi connectivity index (χ4n) is 4.86. The molecule has 2 saturated heterocycles. The van der Waals surface area contributed by atoms with Gasteiger partial charge in [-0.15, -0.1) is 5.10 Å². The zero-order valence-corrected chi connectivity index (χ0v) is 19.3. The summed E-state index contributed by atoms with van der Waals surface area (Å²) in [6.45, 7) is 2.53. The fourth-order valence-corrected chi connectivity index (χ4v) is 6.75. The van der Waals surface area contributed by atoms with Crippen molar-refractivity contribution < 1.29 is 13.2 Å². The Labute approximate surface area is 193 Å². The van der Waals surface area contributed by atoms with E-state index in [1.54, 1.807) is 33.5 Å². The second kappa shape index (κ2) is 9.18. The standard InChI is InChI=1S/C23H28N6O3S/c30-23(27-13-3-4-14-27)20-17-28(26-25-20)16-11-19-9-1-2-15-29(19)33(31,32)21-10-5-7-18-8-6-12-24-22(18)21/h5-8,10,12,17,19H,1-4,9,11,13-16H2. The molecular weight excluding hydrogens is 440 g/mol. The Morgan fingerprint density at radius 3 is 2.67 bits per heavy atom. The second-order valence-electron chi connectivity index (χ2n) is 8.75. The molecule has 2 aliphatic rings. The predicted octanol–water partition coefficient (Wildman–Crippen LogP) is 2.70. The zero-order chi connectivity index (χ0) is 22.8. The first-order valence-electron chi connectivity index (χ1n) is 11.6. The normalized spacial score (nSPS) is 19.9. The summed E-state index contributed by atoms with van der Waals surface area (Å²) in [4.78, 5) is 18.9. The van der Waals surface area contributed by atoms with Gasteiger partial charge in [0.1, 0.15) is 4.90 Å². The first-order valence-corrected chi connectivity index (χ1v) is 13.0. The molecule has 9 nitrogen and oxygen atoms in total. The number of hydrogen-bond donors (Lipinski definition) is 0. The highest BCUT2D eigenvalue weighted by molar-refractivity contribution is 7.89. The van der Waals surface area contributed by atoms with Crippen LogP contribution in [0.2, 0.25) is 0 Å². The molecule has 5 rings (SSSR count). The van der Waals surface area contributed by atoms with E-state index in [1.165, 1.54) is 0 Å². The van der Waals surface area contributed by atoms with Gasteiger partial charge in [0.05, 0.1) is 11.7 Å². The molecule has 1 aromatic carbocycles. The lowest BCUT2D eigenvalue weighted by Gasteiger charge is -2.34. The van der Waals surface area contributed by atoms with E-state index in [4.69, 9.17) is 0 Å². The van der Waals surface area contributed by atoms with E-state index in [2.05, 4.69) is 15.3 Å². The van der Waals surface area contributed by atoms with Crippen LogP contribution in [0.3, 0.4) is 0 Å². The summed E-state index contributed by atoms with van der Waals surface area (Å²) >= 11 is 0. The maximum absolute atomic E-state index is 13.7. The minimum Gasteiger partial charge on any atom is -0.337 e. The number of fused-ring (bicyclic) bond motifs is 1. The van der Waals surface area contributed by atoms with Gasteiger partial charge in [-0.2, -0.15) is 4.31 Å². The number of pyridine rings is 1. The molecule has 2 aromatic heterocycles. The number of piperidine rings is 1. The average Bonchev–Trinajstić information content (AvgIpc) is 3.55. The molecule has 0 radical (unpaired) electrons. The number of sulfonamides is 1. The lowest BCUT2D eigenvalue weighted by Crippen LogP contribution is -2.44. The Balaban J connectivity index is 1.33. The maximum atomic E-state index is 13.7. The first kappa shape index (κ1) is 22.0. The van der Waals surface area contributed by atoms with E-state index >= 15 is 0 Å². The summed E-state index contributed by atoms with van der Waals surface area (Å²) in [6, 6.07) is 8.84. The van der Waals surface area contributed by atoms with Gasteiger partial charge in [-0.1, -0.05) is 29.8 Å². The van der Waals surface area contributed by atoms with Crippen molar-refractivity contribution in [1.82, 2.24) is 29.2 Å². The molecule has 4 heterocycles. The highest BCUT2D eigenvalue weighted by Crippen LogP contribution is 2.30. The monoisotopic (exact) mass is 468 g/mol. The number of para-hydroxylation sites is 1. The van der Waals surface area contributed by atoms with Crippen molar-refractivity contribution in [2.45, 2.75) is 56.0 Å². The summed E-state index contributed by atoms with van der Waals surface area (Å²) in [5, 5.41) is 8.99. The van der Waals surface area contributed by atoms with Gasteiger partial charge >= 0.3 is 0 Å². The molecular formula is C23H28N6O3S. The minimum atomic E-state index is -3.70. The third kappa shape index (κ3) is 4.37. The van der Waals surface area contributed by atoms with E-state index in [0.717, 1.165) is 50.6 Å². The molecule has 0 saturated carbocycles. The lowest BCUT2D eigenvalue weighted by atomic mass is 10.0. The largest absolute Gasteiger partial charge is 0.337 e. The molecule has 1 amide bonds. The van der Waals surface area contributed by atoms with Crippen molar-refractivity contribution in [3.63, 3.8) is 0 Å². The quantitative estimate of drug-likeness (QED) is 0.551. The van der Waals surface area contributed by atoms with Crippen molar-refractivity contribution in [3.05, 3.63) is 48.4 Å². The van der Waals surface area contributed by atoms with Crippen LogP contribution in [0.1, 0.15) is 49.0 Å². The number of carbonyl (C=O) groups excluding carboxylic acids is 1. The number of amides is 1.